The van der Waals surface area contributed by atoms with Gasteiger partial charge >= 0.3 is 0 Å². The quantitative estimate of drug-likeness (QED) is 0.862. The number of hydrogen-bond acceptors (Lipinski definition) is 2. The predicted molar refractivity (Wildman–Crippen MR) is 67.8 cm³/mol. The summed E-state index contributed by atoms with van der Waals surface area (Å²) in [4.78, 5) is 4.02. The zero-order chi connectivity index (χ0) is 10.3. The van der Waals surface area contributed by atoms with E-state index in [-0.39, 0.29) is 36.7 Å². The first kappa shape index (κ1) is 15.2. The summed E-state index contributed by atoms with van der Waals surface area (Å²) in [5.41, 5.74) is 7.49. The summed E-state index contributed by atoms with van der Waals surface area (Å²) in [5, 5.41) is 0.791. The van der Waals surface area contributed by atoms with E-state index in [4.69, 9.17) is 5.73 Å². The molecular formula is C10H14Cl2FN3. The SMILES string of the molecule is CC(N)c1cc2cc(F)cnc2n1C.Cl.Cl. The Morgan fingerprint density at radius 1 is 1.38 bits per heavy atom. The van der Waals surface area contributed by atoms with Gasteiger partial charge in [0.25, 0.3) is 0 Å². The van der Waals surface area contributed by atoms with Crippen molar-refractivity contribution in [2.24, 2.45) is 12.8 Å². The number of nitrogens with zero attached hydrogens (tertiary/aromatic N) is 2. The number of aromatic nitrogens is 2. The second-order valence-electron chi connectivity index (χ2n) is 3.48. The maximum Gasteiger partial charge on any atom is 0.142 e. The minimum absolute atomic E-state index is 0. The first-order valence-corrected chi connectivity index (χ1v) is 4.46. The molecule has 0 spiro atoms. The molecule has 0 aliphatic heterocycles. The number of rotatable bonds is 1. The van der Waals surface area contributed by atoms with Gasteiger partial charge in [-0.1, -0.05) is 0 Å². The number of hydrogen-bond donors (Lipinski definition) is 1. The Bertz CT molecular complexity index is 482. The molecule has 3 nitrogen and oxygen atoms in total. The monoisotopic (exact) mass is 265 g/mol. The van der Waals surface area contributed by atoms with E-state index in [0.29, 0.717) is 0 Å². The van der Waals surface area contributed by atoms with Crippen LogP contribution >= 0.6 is 24.8 Å². The van der Waals surface area contributed by atoms with Crippen LogP contribution in [0, 0.1) is 5.82 Å². The third-order valence-corrected chi connectivity index (χ3v) is 2.34. The van der Waals surface area contributed by atoms with Gasteiger partial charge < -0.3 is 10.3 Å². The fourth-order valence-electron chi connectivity index (χ4n) is 1.65. The van der Waals surface area contributed by atoms with Crippen molar-refractivity contribution in [1.29, 1.82) is 0 Å². The summed E-state index contributed by atoms with van der Waals surface area (Å²) in [7, 11) is 1.88. The highest BCUT2D eigenvalue weighted by molar-refractivity contribution is 5.85. The number of pyridine rings is 1. The van der Waals surface area contributed by atoms with E-state index >= 15 is 0 Å². The molecule has 0 aliphatic rings. The Labute approximate surface area is 106 Å². The molecule has 2 aromatic rings. The van der Waals surface area contributed by atoms with Crippen LogP contribution < -0.4 is 5.73 Å². The zero-order valence-electron chi connectivity index (χ0n) is 8.98. The third-order valence-electron chi connectivity index (χ3n) is 2.34. The summed E-state index contributed by atoms with van der Waals surface area (Å²) < 4.78 is 14.8. The number of fused-ring (bicyclic) bond motifs is 1. The maximum absolute atomic E-state index is 12.9. The molecule has 0 amide bonds. The lowest BCUT2D eigenvalue weighted by Gasteiger charge is -2.05. The molecular weight excluding hydrogens is 252 g/mol. The van der Waals surface area contributed by atoms with Crippen molar-refractivity contribution in [2.75, 3.05) is 0 Å². The normalized spacial score (nSPS) is 11.8. The highest BCUT2D eigenvalue weighted by Gasteiger charge is 2.10. The fourth-order valence-corrected chi connectivity index (χ4v) is 1.65. The molecule has 1 atom stereocenters. The van der Waals surface area contributed by atoms with Crippen LogP contribution in [0.15, 0.2) is 18.3 Å². The molecule has 2 N–H and O–H groups in total. The van der Waals surface area contributed by atoms with Gasteiger partial charge in [0.2, 0.25) is 0 Å². The lowest BCUT2D eigenvalue weighted by Crippen LogP contribution is -2.09. The van der Waals surface area contributed by atoms with Gasteiger partial charge in [-0.15, -0.1) is 24.8 Å². The molecule has 0 fully saturated rings. The van der Waals surface area contributed by atoms with Crippen LogP contribution in [-0.4, -0.2) is 9.55 Å². The smallest absolute Gasteiger partial charge is 0.142 e. The van der Waals surface area contributed by atoms with Gasteiger partial charge in [-0.3, -0.25) is 0 Å². The molecule has 2 rings (SSSR count). The van der Waals surface area contributed by atoms with E-state index in [9.17, 15) is 4.39 Å². The Balaban J connectivity index is 0.00000112. The molecule has 2 aromatic heterocycles. The lowest BCUT2D eigenvalue weighted by molar-refractivity contribution is 0.623. The van der Waals surface area contributed by atoms with Crippen molar-refractivity contribution in [3.63, 3.8) is 0 Å². The van der Waals surface area contributed by atoms with Gasteiger partial charge in [-0.05, 0) is 19.1 Å². The fraction of sp³-hybridized carbons (Fsp3) is 0.300. The van der Waals surface area contributed by atoms with Crippen LogP contribution in [0.25, 0.3) is 11.0 Å². The predicted octanol–water partition coefficient (Wildman–Crippen LogP) is 2.58. The summed E-state index contributed by atoms with van der Waals surface area (Å²) in [5.74, 6) is -0.320. The van der Waals surface area contributed by atoms with Crippen molar-refractivity contribution >= 4 is 35.8 Å². The molecule has 0 aromatic carbocycles. The molecule has 1 unspecified atom stereocenters. The lowest BCUT2D eigenvalue weighted by atomic mass is 10.2. The maximum atomic E-state index is 12.9. The Hall–Kier alpha value is -0.840. The molecule has 6 heteroatoms. The molecule has 0 saturated heterocycles. The first-order valence-electron chi connectivity index (χ1n) is 4.46. The van der Waals surface area contributed by atoms with Gasteiger partial charge in [0.1, 0.15) is 11.5 Å². The molecule has 16 heavy (non-hydrogen) atoms. The van der Waals surface area contributed by atoms with Gasteiger partial charge in [-0.2, -0.15) is 0 Å². The molecule has 0 aliphatic carbocycles. The summed E-state index contributed by atoms with van der Waals surface area (Å²) >= 11 is 0. The van der Waals surface area contributed by atoms with Crippen LogP contribution in [0.3, 0.4) is 0 Å². The van der Waals surface area contributed by atoms with Gasteiger partial charge in [0.05, 0.1) is 6.20 Å². The van der Waals surface area contributed by atoms with Crippen LogP contribution in [0.2, 0.25) is 0 Å². The van der Waals surface area contributed by atoms with E-state index in [1.165, 1.54) is 12.3 Å². The van der Waals surface area contributed by atoms with Crippen LogP contribution in [0.4, 0.5) is 4.39 Å². The van der Waals surface area contributed by atoms with E-state index in [1.54, 1.807) is 0 Å². The molecule has 0 radical (unpaired) electrons. The Morgan fingerprint density at radius 2 is 2.00 bits per heavy atom. The van der Waals surface area contributed by atoms with Crippen LogP contribution in [0.5, 0.6) is 0 Å². The summed E-state index contributed by atoms with van der Waals surface area (Å²) in [6, 6.07) is 3.27. The topological polar surface area (TPSA) is 43.8 Å². The average molecular weight is 266 g/mol. The first-order chi connectivity index (χ1) is 6.59. The Kier molecular flexibility index (Phi) is 5.19. The second-order valence-corrected chi connectivity index (χ2v) is 3.48. The average Bonchev–Trinajstić information content (AvgIpc) is 2.43. The number of halogens is 3. The highest BCUT2D eigenvalue weighted by atomic mass is 35.5. The molecule has 0 saturated carbocycles. The second kappa shape index (κ2) is 5.48. The van der Waals surface area contributed by atoms with Crippen LogP contribution in [0.1, 0.15) is 18.7 Å². The molecule has 90 valence electrons. The highest BCUT2D eigenvalue weighted by Crippen LogP contribution is 2.20. The van der Waals surface area contributed by atoms with E-state index in [2.05, 4.69) is 4.98 Å². The van der Waals surface area contributed by atoms with E-state index < -0.39 is 0 Å². The van der Waals surface area contributed by atoms with Gasteiger partial charge in [-0.25, -0.2) is 9.37 Å². The van der Waals surface area contributed by atoms with Crippen molar-refractivity contribution < 1.29 is 4.39 Å². The summed E-state index contributed by atoms with van der Waals surface area (Å²) in [6.07, 6.45) is 1.22. The minimum Gasteiger partial charge on any atom is -0.331 e. The van der Waals surface area contributed by atoms with Crippen molar-refractivity contribution in [3.05, 3.63) is 29.8 Å². The largest absolute Gasteiger partial charge is 0.331 e. The summed E-state index contributed by atoms with van der Waals surface area (Å²) in [6.45, 7) is 1.89. The van der Waals surface area contributed by atoms with Crippen molar-refractivity contribution in [1.82, 2.24) is 9.55 Å². The van der Waals surface area contributed by atoms with Gasteiger partial charge in [0, 0.05) is 24.2 Å². The van der Waals surface area contributed by atoms with E-state index in [0.717, 1.165) is 16.7 Å². The molecule has 2 heterocycles. The number of aryl methyl sites for hydroxylation is 1. The Morgan fingerprint density at radius 3 is 2.56 bits per heavy atom. The number of nitrogens with two attached hydrogens (primary N) is 1. The van der Waals surface area contributed by atoms with Crippen molar-refractivity contribution in [3.8, 4) is 0 Å². The third kappa shape index (κ3) is 2.45. The zero-order valence-corrected chi connectivity index (χ0v) is 10.6. The standard InChI is InChI=1S/C10H12FN3.2ClH/c1-6(12)9-4-7-3-8(11)5-13-10(7)14(9)2;;/h3-6H,12H2,1-2H3;2*1H. The van der Waals surface area contributed by atoms with Crippen molar-refractivity contribution in [2.45, 2.75) is 13.0 Å². The van der Waals surface area contributed by atoms with Gasteiger partial charge in [0.15, 0.2) is 0 Å². The minimum atomic E-state index is -0.320. The molecule has 0 bridgehead atoms. The van der Waals surface area contributed by atoms with Crippen LogP contribution in [-0.2, 0) is 7.05 Å². The van der Waals surface area contributed by atoms with E-state index in [1.807, 2.05) is 24.6 Å².